The highest BCUT2D eigenvalue weighted by atomic mass is 15.1. The maximum Gasteiger partial charge on any atom is 0.0705 e. The van der Waals surface area contributed by atoms with Crippen molar-refractivity contribution in [3.05, 3.63) is 78.5 Å². The van der Waals surface area contributed by atoms with Gasteiger partial charge in [-0.1, -0.05) is 24.3 Å². The van der Waals surface area contributed by atoms with Crippen molar-refractivity contribution in [1.29, 1.82) is 0 Å². The van der Waals surface area contributed by atoms with E-state index in [0.29, 0.717) is 5.92 Å². The van der Waals surface area contributed by atoms with Gasteiger partial charge in [0.05, 0.1) is 11.7 Å². The van der Waals surface area contributed by atoms with E-state index in [1.165, 1.54) is 16.6 Å². The average molecular weight is 369 g/mol. The zero-order valence-electron chi connectivity index (χ0n) is 15.8. The monoisotopic (exact) mass is 369 g/mol. The summed E-state index contributed by atoms with van der Waals surface area (Å²) in [4.78, 5) is 11.8. The van der Waals surface area contributed by atoms with E-state index in [2.05, 4.69) is 62.5 Å². The molecule has 0 aliphatic carbocycles. The molecule has 0 saturated carbocycles. The van der Waals surface area contributed by atoms with Crippen LogP contribution in [0.25, 0.3) is 22.0 Å². The zero-order valence-corrected chi connectivity index (χ0v) is 15.8. The molecule has 5 rings (SSSR count). The molecule has 1 fully saturated rings. The largest absolute Gasteiger partial charge is 0.299 e. The van der Waals surface area contributed by atoms with E-state index in [1.54, 1.807) is 0 Å². The van der Waals surface area contributed by atoms with Crippen LogP contribution in [0.5, 0.6) is 0 Å². The molecule has 0 amide bonds. The number of H-pyrrole nitrogens is 1. The lowest BCUT2D eigenvalue weighted by atomic mass is 9.92. The van der Waals surface area contributed by atoms with Crippen LogP contribution in [0.4, 0.5) is 0 Å². The fourth-order valence-corrected chi connectivity index (χ4v) is 4.15. The molecule has 0 radical (unpaired) electrons. The third-order valence-corrected chi connectivity index (χ3v) is 5.76. The van der Waals surface area contributed by atoms with Gasteiger partial charge in [0.25, 0.3) is 0 Å². The minimum absolute atomic E-state index is 0.545. The number of likely N-dealkylation sites (tertiary alicyclic amines) is 1. The van der Waals surface area contributed by atoms with Crippen LogP contribution in [0.1, 0.15) is 30.0 Å². The van der Waals surface area contributed by atoms with Crippen LogP contribution in [-0.4, -0.2) is 38.2 Å². The highest BCUT2D eigenvalue weighted by molar-refractivity contribution is 5.81. The molecule has 28 heavy (non-hydrogen) atoms. The quantitative estimate of drug-likeness (QED) is 0.579. The predicted molar refractivity (Wildman–Crippen MR) is 111 cm³/mol. The molecule has 0 bridgehead atoms. The second-order valence-corrected chi connectivity index (χ2v) is 7.50. The standard InChI is InChI=1S/C23H23N5/c1-2-4-23-21(3-1)19(7-10-24-23)16-28-11-8-17(9-12-28)22-6-5-18(13-25-22)20-14-26-27-15-20/h1-7,10,13-15,17H,8-9,11-12,16H2,(H,26,27). The van der Waals surface area contributed by atoms with Crippen molar-refractivity contribution >= 4 is 10.9 Å². The first-order valence-corrected chi connectivity index (χ1v) is 9.87. The van der Waals surface area contributed by atoms with Crippen molar-refractivity contribution in [2.24, 2.45) is 0 Å². The van der Waals surface area contributed by atoms with E-state index in [4.69, 9.17) is 4.98 Å². The summed E-state index contributed by atoms with van der Waals surface area (Å²) in [5, 5.41) is 8.13. The molecule has 1 aliphatic rings. The van der Waals surface area contributed by atoms with Gasteiger partial charge >= 0.3 is 0 Å². The number of nitrogens with one attached hydrogen (secondary N) is 1. The molecule has 1 aromatic carbocycles. The van der Waals surface area contributed by atoms with Gasteiger partial charge in [-0.3, -0.25) is 20.0 Å². The summed E-state index contributed by atoms with van der Waals surface area (Å²) in [7, 11) is 0. The second-order valence-electron chi connectivity index (χ2n) is 7.50. The summed E-state index contributed by atoms with van der Waals surface area (Å²) in [6, 6.07) is 14.9. The van der Waals surface area contributed by atoms with E-state index < -0.39 is 0 Å². The molecule has 1 saturated heterocycles. The highest BCUT2D eigenvalue weighted by Gasteiger charge is 2.22. The summed E-state index contributed by atoms with van der Waals surface area (Å²) >= 11 is 0. The van der Waals surface area contributed by atoms with Gasteiger partial charge in [-0.2, -0.15) is 5.10 Å². The third kappa shape index (κ3) is 3.41. The van der Waals surface area contributed by atoms with E-state index in [0.717, 1.165) is 49.1 Å². The van der Waals surface area contributed by atoms with E-state index >= 15 is 0 Å². The van der Waals surface area contributed by atoms with Gasteiger partial charge in [-0.15, -0.1) is 0 Å². The molecule has 1 N–H and O–H groups in total. The number of hydrogen-bond donors (Lipinski definition) is 1. The molecule has 0 atom stereocenters. The van der Waals surface area contributed by atoms with Crippen LogP contribution < -0.4 is 0 Å². The number of aromatic amines is 1. The number of fused-ring (bicyclic) bond motifs is 1. The van der Waals surface area contributed by atoms with Crippen LogP contribution in [0.3, 0.4) is 0 Å². The third-order valence-electron chi connectivity index (χ3n) is 5.76. The Hall–Kier alpha value is -3.05. The van der Waals surface area contributed by atoms with Gasteiger partial charge in [-0.25, -0.2) is 0 Å². The topological polar surface area (TPSA) is 57.7 Å². The molecule has 5 nitrogen and oxygen atoms in total. The van der Waals surface area contributed by atoms with Crippen molar-refractivity contribution in [1.82, 2.24) is 25.1 Å². The Balaban J connectivity index is 1.24. The first kappa shape index (κ1) is 17.1. The first-order valence-electron chi connectivity index (χ1n) is 9.87. The Morgan fingerprint density at radius 3 is 2.61 bits per heavy atom. The number of para-hydroxylation sites is 1. The van der Waals surface area contributed by atoms with Crippen molar-refractivity contribution in [3.8, 4) is 11.1 Å². The van der Waals surface area contributed by atoms with Gasteiger partial charge in [0.15, 0.2) is 0 Å². The molecule has 3 aromatic heterocycles. The lowest BCUT2D eigenvalue weighted by Crippen LogP contribution is -2.32. The Bertz CT molecular complexity index is 1040. The molecule has 1 aliphatic heterocycles. The minimum Gasteiger partial charge on any atom is -0.299 e. The molecule has 5 heteroatoms. The number of benzene rings is 1. The smallest absolute Gasteiger partial charge is 0.0705 e. The second kappa shape index (κ2) is 7.52. The van der Waals surface area contributed by atoms with Gasteiger partial charge in [0, 0.05) is 53.3 Å². The average Bonchev–Trinajstić information content (AvgIpc) is 3.30. The number of rotatable bonds is 4. The molecular formula is C23H23N5. The minimum atomic E-state index is 0.545. The van der Waals surface area contributed by atoms with Crippen LogP contribution in [-0.2, 0) is 6.54 Å². The van der Waals surface area contributed by atoms with Gasteiger partial charge in [0.1, 0.15) is 0 Å². The van der Waals surface area contributed by atoms with Crippen molar-refractivity contribution in [2.75, 3.05) is 13.1 Å². The molecule has 4 heterocycles. The first-order chi connectivity index (χ1) is 13.9. The summed E-state index contributed by atoms with van der Waals surface area (Å²) < 4.78 is 0. The molecule has 140 valence electrons. The molecule has 0 unspecified atom stereocenters. The normalized spacial score (nSPS) is 15.9. The zero-order chi connectivity index (χ0) is 18.8. The van der Waals surface area contributed by atoms with E-state index in [1.807, 2.05) is 24.8 Å². The van der Waals surface area contributed by atoms with Gasteiger partial charge < -0.3 is 0 Å². The lowest BCUT2D eigenvalue weighted by molar-refractivity contribution is 0.204. The Morgan fingerprint density at radius 1 is 0.929 bits per heavy atom. The maximum atomic E-state index is 4.74. The van der Waals surface area contributed by atoms with Crippen molar-refractivity contribution in [3.63, 3.8) is 0 Å². The van der Waals surface area contributed by atoms with E-state index in [-0.39, 0.29) is 0 Å². The number of aromatic nitrogens is 4. The van der Waals surface area contributed by atoms with Crippen LogP contribution in [0.2, 0.25) is 0 Å². The fraction of sp³-hybridized carbons (Fsp3) is 0.261. The van der Waals surface area contributed by atoms with Gasteiger partial charge in [0.2, 0.25) is 0 Å². The SMILES string of the molecule is c1ccc2c(CN3CCC(c4ccc(-c5cn[nH]c5)cn4)CC3)ccnc2c1. The Morgan fingerprint density at radius 2 is 1.82 bits per heavy atom. The van der Waals surface area contributed by atoms with Crippen LogP contribution in [0.15, 0.2) is 67.3 Å². The maximum absolute atomic E-state index is 4.74. The Labute approximate surface area is 164 Å². The van der Waals surface area contributed by atoms with E-state index in [9.17, 15) is 0 Å². The summed E-state index contributed by atoms with van der Waals surface area (Å²) in [5.41, 5.74) is 5.85. The van der Waals surface area contributed by atoms with Gasteiger partial charge in [-0.05, 0) is 49.7 Å². The molecule has 0 spiro atoms. The number of pyridine rings is 2. The molecule has 4 aromatic rings. The predicted octanol–water partition coefficient (Wildman–Crippen LogP) is 4.40. The summed E-state index contributed by atoms with van der Waals surface area (Å²) in [6.07, 6.45) is 9.93. The van der Waals surface area contributed by atoms with Crippen LogP contribution >= 0.6 is 0 Å². The van der Waals surface area contributed by atoms with Crippen molar-refractivity contribution in [2.45, 2.75) is 25.3 Å². The highest BCUT2D eigenvalue weighted by Crippen LogP contribution is 2.29. The van der Waals surface area contributed by atoms with Crippen LogP contribution in [0, 0.1) is 0 Å². The number of piperidine rings is 1. The summed E-state index contributed by atoms with van der Waals surface area (Å²) in [6.45, 7) is 3.20. The number of hydrogen-bond acceptors (Lipinski definition) is 4. The van der Waals surface area contributed by atoms with Crippen molar-refractivity contribution < 1.29 is 0 Å². The number of nitrogens with zero attached hydrogens (tertiary/aromatic N) is 4. The summed E-state index contributed by atoms with van der Waals surface area (Å²) in [5.74, 6) is 0.545. The fourth-order valence-electron chi connectivity index (χ4n) is 4.15. The Kier molecular flexibility index (Phi) is 4.59. The lowest BCUT2D eigenvalue weighted by Gasteiger charge is -2.32. The molecular weight excluding hydrogens is 346 g/mol.